The van der Waals surface area contributed by atoms with Crippen LogP contribution in [0.5, 0.6) is 0 Å². The third kappa shape index (κ3) is 4.80. The molecular weight excluding hydrogens is 282 g/mol. The summed E-state index contributed by atoms with van der Waals surface area (Å²) >= 11 is 0. The zero-order chi connectivity index (χ0) is 15.2. The molecule has 0 saturated heterocycles. The second kappa shape index (κ2) is 7.22. The van der Waals surface area contributed by atoms with Crippen LogP contribution in [-0.4, -0.2) is 32.6 Å². The Morgan fingerprint density at radius 2 is 2.10 bits per heavy atom. The number of hydrogen-bond acceptors (Lipinski definition) is 4. The minimum Gasteiger partial charge on any atom is -0.388 e. The van der Waals surface area contributed by atoms with Crippen LogP contribution >= 0.6 is 0 Å². The van der Waals surface area contributed by atoms with Crippen LogP contribution in [0.25, 0.3) is 0 Å². The van der Waals surface area contributed by atoms with Crippen molar-refractivity contribution in [2.45, 2.75) is 24.3 Å². The largest absolute Gasteiger partial charge is 0.388 e. The Morgan fingerprint density at radius 1 is 1.40 bits per heavy atom. The summed E-state index contributed by atoms with van der Waals surface area (Å²) in [5, 5.41) is 12.0. The zero-order valence-corrected chi connectivity index (χ0v) is 12.0. The molecule has 2 amide bonds. The molecule has 5 N–H and O–H groups in total. The molecule has 112 valence electrons. The van der Waals surface area contributed by atoms with Gasteiger partial charge in [0.25, 0.3) is 0 Å². The van der Waals surface area contributed by atoms with E-state index >= 15 is 0 Å². The highest BCUT2D eigenvalue weighted by Crippen LogP contribution is 2.19. The fourth-order valence-corrected chi connectivity index (χ4v) is 2.67. The maximum absolute atomic E-state index is 12.0. The molecule has 0 fully saturated rings. The number of primary amides is 1. The van der Waals surface area contributed by atoms with Crippen LogP contribution in [0.4, 0.5) is 4.79 Å². The summed E-state index contributed by atoms with van der Waals surface area (Å²) in [6.07, 6.45) is -0.193. The number of urea groups is 1. The summed E-state index contributed by atoms with van der Waals surface area (Å²) < 4.78 is 26.3. The Bertz CT molecular complexity index is 560. The number of carbonyl (C=O) groups is 1. The lowest BCUT2D eigenvalue weighted by atomic mass is 10.1. The van der Waals surface area contributed by atoms with Crippen LogP contribution in [0.2, 0.25) is 0 Å². The van der Waals surface area contributed by atoms with Gasteiger partial charge < -0.3 is 16.2 Å². The van der Waals surface area contributed by atoms with E-state index in [1.807, 2.05) is 0 Å². The van der Waals surface area contributed by atoms with Crippen LogP contribution in [0.1, 0.15) is 25.0 Å². The molecule has 1 aromatic rings. The summed E-state index contributed by atoms with van der Waals surface area (Å²) in [5.41, 5.74) is 5.41. The van der Waals surface area contributed by atoms with Gasteiger partial charge in [0, 0.05) is 13.1 Å². The number of rotatable bonds is 7. The first-order valence-electron chi connectivity index (χ1n) is 6.18. The van der Waals surface area contributed by atoms with Crippen molar-refractivity contribution in [3.8, 4) is 0 Å². The Morgan fingerprint density at radius 3 is 2.70 bits per heavy atom. The summed E-state index contributed by atoms with van der Waals surface area (Å²) in [5.74, 6) is 0. The molecule has 1 atom stereocenters. The summed E-state index contributed by atoms with van der Waals surface area (Å²) in [4.78, 5) is 10.5. The monoisotopic (exact) mass is 301 g/mol. The van der Waals surface area contributed by atoms with Gasteiger partial charge in [0.15, 0.2) is 0 Å². The van der Waals surface area contributed by atoms with Crippen molar-refractivity contribution in [3.63, 3.8) is 0 Å². The average Bonchev–Trinajstić information content (AvgIpc) is 2.42. The van der Waals surface area contributed by atoms with Crippen molar-refractivity contribution in [1.82, 2.24) is 10.0 Å². The van der Waals surface area contributed by atoms with Crippen LogP contribution in [0, 0.1) is 0 Å². The van der Waals surface area contributed by atoms with Crippen LogP contribution in [0.15, 0.2) is 29.2 Å². The van der Waals surface area contributed by atoms with Crippen LogP contribution in [0.3, 0.4) is 0 Å². The molecule has 0 aliphatic heterocycles. The molecule has 0 aromatic heterocycles. The SMILES string of the molecule is CCC(O)c1cccc(S(=O)(=O)NCCNC(N)=O)c1. The van der Waals surface area contributed by atoms with Gasteiger partial charge in [-0.1, -0.05) is 19.1 Å². The number of aliphatic hydroxyl groups is 1. The van der Waals surface area contributed by atoms with Crippen LogP contribution < -0.4 is 15.8 Å². The lowest BCUT2D eigenvalue weighted by Crippen LogP contribution is -2.37. The highest BCUT2D eigenvalue weighted by Gasteiger charge is 2.15. The number of sulfonamides is 1. The molecule has 1 aromatic carbocycles. The molecule has 1 rings (SSSR count). The van der Waals surface area contributed by atoms with Gasteiger partial charge in [-0.25, -0.2) is 17.9 Å². The molecule has 20 heavy (non-hydrogen) atoms. The summed E-state index contributed by atoms with van der Waals surface area (Å²) in [6, 6.07) is 5.40. The smallest absolute Gasteiger partial charge is 0.312 e. The lowest BCUT2D eigenvalue weighted by molar-refractivity contribution is 0.173. The van der Waals surface area contributed by atoms with E-state index in [2.05, 4.69) is 10.0 Å². The molecule has 0 bridgehead atoms. The maximum atomic E-state index is 12.0. The highest BCUT2D eigenvalue weighted by atomic mass is 32.2. The molecule has 0 saturated carbocycles. The second-order valence-corrected chi connectivity index (χ2v) is 5.95. The van der Waals surface area contributed by atoms with E-state index in [9.17, 15) is 18.3 Å². The minimum atomic E-state index is -3.68. The number of nitrogens with two attached hydrogens (primary N) is 1. The lowest BCUT2D eigenvalue weighted by Gasteiger charge is -2.11. The third-order valence-corrected chi connectivity index (χ3v) is 4.11. The molecule has 0 aliphatic rings. The van der Waals surface area contributed by atoms with Crippen molar-refractivity contribution in [2.24, 2.45) is 5.73 Å². The van der Waals surface area contributed by atoms with Gasteiger partial charge in [-0.05, 0) is 24.1 Å². The molecule has 8 heteroatoms. The van der Waals surface area contributed by atoms with E-state index in [0.29, 0.717) is 12.0 Å². The average molecular weight is 301 g/mol. The maximum Gasteiger partial charge on any atom is 0.312 e. The predicted molar refractivity (Wildman–Crippen MR) is 74.5 cm³/mol. The molecule has 1 unspecified atom stereocenters. The van der Waals surface area contributed by atoms with Gasteiger partial charge in [0.2, 0.25) is 10.0 Å². The first-order chi connectivity index (χ1) is 9.36. The van der Waals surface area contributed by atoms with E-state index in [1.165, 1.54) is 12.1 Å². The van der Waals surface area contributed by atoms with Crippen molar-refractivity contribution >= 4 is 16.1 Å². The molecular formula is C12H19N3O4S. The molecule has 0 radical (unpaired) electrons. The van der Waals surface area contributed by atoms with Gasteiger partial charge in [-0.15, -0.1) is 0 Å². The fourth-order valence-electron chi connectivity index (χ4n) is 1.58. The van der Waals surface area contributed by atoms with E-state index in [4.69, 9.17) is 5.73 Å². The second-order valence-electron chi connectivity index (χ2n) is 4.19. The van der Waals surface area contributed by atoms with E-state index < -0.39 is 22.2 Å². The minimum absolute atomic E-state index is 0.0336. The van der Waals surface area contributed by atoms with Crippen molar-refractivity contribution in [2.75, 3.05) is 13.1 Å². The van der Waals surface area contributed by atoms with Crippen LogP contribution in [-0.2, 0) is 10.0 Å². The van der Waals surface area contributed by atoms with E-state index in [0.717, 1.165) is 0 Å². The first-order valence-corrected chi connectivity index (χ1v) is 7.66. The number of aliphatic hydroxyl groups excluding tert-OH is 1. The van der Waals surface area contributed by atoms with Crippen molar-refractivity contribution in [1.29, 1.82) is 0 Å². The molecule has 0 aliphatic carbocycles. The van der Waals surface area contributed by atoms with E-state index in [1.54, 1.807) is 19.1 Å². The normalized spacial score (nSPS) is 12.9. The standard InChI is InChI=1S/C12H19N3O4S/c1-2-11(16)9-4-3-5-10(8-9)20(18,19)15-7-6-14-12(13)17/h3-5,8,11,15-16H,2,6-7H2,1H3,(H3,13,14,17). The summed E-state index contributed by atoms with van der Waals surface area (Å²) in [7, 11) is -3.68. The van der Waals surface area contributed by atoms with Gasteiger partial charge in [0.1, 0.15) is 0 Å². The zero-order valence-electron chi connectivity index (χ0n) is 11.2. The topological polar surface area (TPSA) is 122 Å². The predicted octanol–water partition coefficient (Wildman–Crippen LogP) is 0.0766. The molecule has 0 spiro atoms. The Kier molecular flexibility index (Phi) is 5.93. The Hall–Kier alpha value is -1.64. The third-order valence-electron chi connectivity index (χ3n) is 2.66. The van der Waals surface area contributed by atoms with Gasteiger partial charge >= 0.3 is 6.03 Å². The Balaban J connectivity index is 2.74. The summed E-state index contributed by atoms with van der Waals surface area (Å²) in [6.45, 7) is 1.94. The fraction of sp³-hybridized carbons (Fsp3) is 0.417. The van der Waals surface area contributed by atoms with Crippen molar-refractivity contribution < 1.29 is 18.3 Å². The highest BCUT2D eigenvalue weighted by molar-refractivity contribution is 7.89. The van der Waals surface area contributed by atoms with E-state index in [-0.39, 0.29) is 18.0 Å². The van der Waals surface area contributed by atoms with Gasteiger partial charge in [0.05, 0.1) is 11.0 Å². The van der Waals surface area contributed by atoms with Gasteiger partial charge in [-0.3, -0.25) is 0 Å². The van der Waals surface area contributed by atoms with Crippen molar-refractivity contribution in [3.05, 3.63) is 29.8 Å². The Labute approximate surface area is 118 Å². The number of nitrogens with one attached hydrogen (secondary N) is 2. The number of benzene rings is 1. The molecule has 0 heterocycles. The number of carbonyl (C=O) groups excluding carboxylic acids is 1. The quantitative estimate of drug-likeness (QED) is 0.533. The number of amides is 2. The number of hydrogen-bond donors (Lipinski definition) is 4. The molecule has 7 nitrogen and oxygen atoms in total. The van der Waals surface area contributed by atoms with Gasteiger partial charge in [-0.2, -0.15) is 0 Å². The first kappa shape index (κ1) is 16.4.